The van der Waals surface area contributed by atoms with Crippen LogP contribution in [0.1, 0.15) is 26.2 Å². The van der Waals surface area contributed by atoms with Gasteiger partial charge in [-0.15, -0.1) is 0 Å². The molecule has 0 spiro atoms. The molecular weight excluding hydrogens is 386 g/mol. The van der Waals surface area contributed by atoms with Crippen LogP contribution in [0.5, 0.6) is 5.75 Å². The van der Waals surface area contributed by atoms with Gasteiger partial charge in [0.2, 0.25) is 0 Å². The Hall–Kier alpha value is -1.79. The molecule has 7 heteroatoms. The van der Waals surface area contributed by atoms with Crippen molar-refractivity contribution in [3.05, 3.63) is 41.4 Å². The van der Waals surface area contributed by atoms with Gasteiger partial charge < -0.3 is 9.64 Å². The molecule has 146 valence electrons. The van der Waals surface area contributed by atoms with Gasteiger partial charge in [-0.2, -0.15) is 0 Å². The summed E-state index contributed by atoms with van der Waals surface area (Å²) in [6.45, 7) is 2.48. The van der Waals surface area contributed by atoms with E-state index in [2.05, 4.69) is 0 Å². The molecule has 1 atom stereocenters. The quantitative estimate of drug-likeness (QED) is 0.699. The smallest absolute Gasteiger partial charge is 0.260 e. The number of carbonyl (C=O) groups excluding carboxylic acids is 1. The number of hydrogen-bond donors (Lipinski definition) is 0. The highest BCUT2D eigenvalue weighted by Crippen LogP contribution is 2.31. The van der Waals surface area contributed by atoms with Gasteiger partial charge in [0.1, 0.15) is 5.75 Å². The Morgan fingerprint density at radius 2 is 1.96 bits per heavy atom. The Morgan fingerprint density at radius 1 is 1.22 bits per heavy atom. The molecule has 1 aliphatic heterocycles. The van der Waals surface area contributed by atoms with Crippen molar-refractivity contribution in [2.24, 2.45) is 0 Å². The molecule has 0 aliphatic carbocycles. The average molecular weight is 410 g/mol. The number of ether oxygens (including phenoxy) is 1. The molecule has 0 saturated carbocycles. The molecular formula is C20H24ClNO4S. The zero-order valence-corrected chi connectivity index (χ0v) is 16.9. The summed E-state index contributed by atoms with van der Waals surface area (Å²) >= 11 is 6.22. The normalized spacial score (nSPS) is 18.5. The maximum Gasteiger partial charge on any atom is 0.260 e. The van der Waals surface area contributed by atoms with Gasteiger partial charge >= 0.3 is 0 Å². The van der Waals surface area contributed by atoms with Crippen molar-refractivity contribution in [1.82, 2.24) is 4.90 Å². The second kappa shape index (κ2) is 8.48. The van der Waals surface area contributed by atoms with Crippen molar-refractivity contribution in [2.45, 2.75) is 32.2 Å². The third-order valence-electron chi connectivity index (χ3n) is 4.90. The standard InChI is InChI=1S/C20H24ClNO4S/c1-2-3-11-22(15-10-12-27(24,25)14-15)20(23)13-26-19-9-8-18(21)16-6-4-5-7-17(16)19/h4-9,15H,2-3,10-14H2,1H3/t15-/m0/s1. The Labute approximate surface area is 165 Å². The number of unbranched alkanes of at least 4 members (excludes halogenated alkanes) is 1. The molecule has 1 amide bonds. The fraction of sp³-hybridized carbons (Fsp3) is 0.450. The lowest BCUT2D eigenvalue weighted by molar-refractivity contribution is -0.135. The van der Waals surface area contributed by atoms with Gasteiger partial charge in [-0.1, -0.05) is 49.2 Å². The SMILES string of the molecule is CCCCN(C(=O)COc1ccc(Cl)c2ccccc12)[C@H]1CCS(=O)(=O)C1. The zero-order chi connectivity index (χ0) is 19.4. The van der Waals surface area contributed by atoms with Crippen molar-refractivity contribution in [3.8, 4) is 5.75 Å². The summed E-state index contributed by atoms with van der Waals surface area (Å²) in [4.78, 5) is 14.5. The van der Waals surface area contributed by atoms with Crippen LogP contribution in [-0.2, 0) is 14.6 Å². The van der Waals surface area contributed by atoms with Gasteiger partial charge in [0.05, 0.1) is 11.5 Å². The van der Waals surface area contributed by atoms with E-state index in [0.717, 1.165) is 23.6 Å². The van der Waals surface area contributed by atoms with Crippen LogP contribution in [0.4, 0.5) is 0 Å². The Kier molecular flexibility index (Phi) is 6.27. The Balaban J connectivity index is 1.74. The van der Waals surface area contributed by atoms with Crippen LogP contribution in [0.2, 0.25) is 5.02 Å². The number of halogens is 1. The highest BCUT2D eigenvalue weighted by Gasteiger charge is 2.34. The van der Waals surface area contributed by atoms with Crippen molar-refractivity contribution in [3.63, 3.8) is 0 Å². The number of amides is 1. The fourth-order valence-corrected chi connectivity index (χ4v) is 5.40. The first-order valence-electron chi connectivity index (χ1n) is 9.21. The molecule has 1 saturated heterocycles. The van der Waals surface area contributed by atoms with Gasteiger partial charge in [-0.05, 0) is 25.0 Å². The number of carbonyl (C=O) groups is 1. The predicted octanol–water partition coefficient (Wildman–Crippen LogP) is 3.69. The highest BCUT2D eigenvalue weighted by molar-refractivity contribution is 7.91. The predicted molar refractivity (Wildman–Crippen MR) is 108 cm³/mol. The minimum Gasteiger partial charge on any atom is -0.483 e. The first kappa shape index (κ1) is 20.0. The first-order valence-corrected chi connectivity index (χ1v) is 11.4. The van der Waals surface area contributed by atoms with Crippen LogP contribution in [0.15, 0.2) is 36.4 Å². The summed E-state index contributed by atoms with van der Waals surface area (Å²) in [6.07, 6.45) is 2.28. The minimum atomic E-state index is -3.05. The van der Waals surface area contributed by atoms with E-state index < -0.39 is 9.84 Å². The third-order valence-corrected chi connectivity index (χ3v) is 6.98. The minimum absolute atomic E-state index is 0.0479. The summed E-state index contributed by atoms with van der Waals surface area (Å²) in [7, 11) is -3.05. The van der Waals surface area contributed by atoms with Crippen molar-refractivity contribution >= 4 is 38.1 Å². The number of fused-ring (bicyclic) bond motifs is 1. The van der Waals surface area contributed by atoms with E-state index in [1.54, 1.807) is 17.0 Å². The van der Waals surface area contributed by atoms with Crippen molar-refractivity contribution in [2.75, 3.05) is 24.7 Å². The zero-order valence-electron chi connectivity index (χ0n) is 15.4. The summed E-state index contributed by atoms with van der Waals surface area (Å²) in [5.74, 6) is 0.616. The molecule has 2 aromatic rings. The molecule has 27 heavy (non-hydrogen) atoms. The average Bonchev–Trinajstić information content (AvgIpc) is 3.01. The van der Waals surface area contributed by atoms with E-state index >= 15 is 0 Å². The monoisotopic (exact) mass is 409 g/mol. The second-order valence-electron chi connectivity index (χ2n) is 6.88. The summed E-state index contributed by atoms with van der Waals surface area (Å²) in [6, 6.07) is 10.9. The van der Waals surface area contributed by atoms with Gasteiger partial charge in [0.25, 0.3) is 5.91 Å². The van der Waals surface area contributed by atoms with Crippen molar-refractivity contribution < 1.29 is 17.9 Å². The van der Waals surface area contributed by atoms with Crippen LogP contribution in [0, 0.1) is 0 Å². The van der Waals surface area contributed by atoms with Crippen LogP contribution >= 0.6 is 11.6 Å². The molecule has 0 aromatic heterocycles. The Bertz CT molecular complexity index is 929. The van der Waals surface area contributed by atoms with E-state index in [9.17, 15) is 13.2 Å². The van der Waals surface area contributed by atoms with Crippen LogP contribution in [0.25, 0.3) is 10.8 Å². The van der Waals surface area contributed by atoms with Gasteiger partial charge in [0.15, 0.2) is 16.4 Å². The second-order valence-corrected chi connectivity index (χ2v) is 9.51. The number of benzene rings is 2. The van der Waals surface area contributed by atoms with Crippen LogP contribution in [-0.4, -0.2) is 49.9 Å². The number of nitrogens with zero attached hydrogens (tertiary/aromatic N) is 1. The molecule has 0 N–H and O–H groups in total. The maximum atomic E-state index is 12.8. The maximum absolute atomic E-state index is 12.8. The van der Waals surface area contributed by atoms with Crippen LogP contribution < -0.4 is 4.74 Å². The molecule has 2 aromatic carbocycles. The van der Waals surface area contributed by atoms with Gasteiger partial charge in [0, 0.05) is 28.4 Å². The number of hydrogen-bond acceptors (Lipinski definition) is 4. The molecule has 0 unspecified atom stereocenters. The lowest BCUT2D eigenvalue weighted by Crippen LogP contribution is -2.44. The van der Waals surface area contributed by atoms with Gasteiger partial charge in [-0.3, -0.25) is 4.79 Å². The van der Waals surface area contributed by atoms with Gasteiger partial charge in [-0.25, -0.2) is 8.42 Å². The molecule has 0 bridgehead atoms. The number of sulfone groups is 1. The van der Waals surface area contributed by atoms with E-state index in [1.165, 1.54) is 0 Å². The van der Waals surface area contributed by atoms with Crippen molar-refractivity contribution in [1.29, 1.82) is 0 Å². The van der Waals surface area contributed by atoms with Crippen LogP contribution in [0.3, 0.4) is 0 Å². The van der Waals surface area contributed by atoms with E-state index in [1.807, 2.05) is 31.2 Å². The topological polar surface area (TPSA) is 63.7 Å². The lowest BCUT2D eigenvalue weighted by Gasteiger charge is -2.28. The highest BCUT2D eigenvalue weighted by atomic mass is 35.5. The summed E-state index contributed by atoms with van der Waals surface area (Å²) in [5, 5.41) is 2.35. The molecule has 5 nitrogen and oxygen atoms in total. The fourth-order valence-electron chi connectivity index (χ4n) is 3.44. The largest absolute Gasteiger partial charge is 0.483 e. The summed E-state index contributed by atoms with van der Waals surface area (Å²) < 4.78 is 29.4. The molecule has 1 heterocycles. The first-order chi connectivity index (χ1) is 12.9. The summed E-state index contributed by atoms with van der Waals surface area (Å²) in [5.41, 5.74) is 0. The Morgan fingerprint density at radius 3 is 2.63 bits per heavy atom. The lowest BCUT2D eigenvalue weighted by atomic mass is 10.1. The molecule has 3 rings (SSSR count). The van der Waals surface area contributed by atoms with E-state index in [0.29, 0.717) is 23.7 Å². The molecule has 0 radical (unpaired) electrons. The van der Waals surface area contributed by atoms with E-state index in [4.69, 9.17) is 16.3 Å². The van der Waals surface area contributed by atoms with E-state index in [-0.39, 0.29) is 30.1 Å². The molecule has 1 aliphatic rings. The number of rotatable bonds is 7. The third kappa shape index (κ3) is 4.74. The molecule has 1 fully saturated rings.